The summed E-state index contributed by atoms with van der Waals surface area (Å²) in [5.74, 6) is -0.172. The molecular weight excluding hydrogens is 300 g/mol. The molecule has 1 heterocycles. The van der Waals surface area contributed by atoms with Crippen molar-refractivity contribution in [2.45, 2.75) is 26.3 Å². The largest absolute Gasteiger partial charge is 0.482 e. The number of nitrogens with one attached hydrogen (secondary N) is 3. The Hall–Kier alpha value is -2.77. The standard InChI is InChI=1S/C15H20N4O4/c1-3-8(2)13(19-15(16)22)14(21)17-9-4-5-11-10(6-9)18-12(20)7-23-11/h4-6,8,13H,3,7H2,1-2H3,(H,17,21)(H,18,20)(H3,16,19,22)/t8-,13-/m1/s1. The third kappa shape index (κ3) is 4.12. The second kappa shape index (κ2) is 6.99. The number of hydrogen-bond acceptors (Lipinski definition) is 4. The number of rotatable bonds is 5. The lowest BCUT2D eigenvalue weighted by Crippen LogP contribution is -2.49. The Morgan fingerprint density at radius 1 is 1.43 bits per heavy atom. The van der Waals surface area contributed by atoms with Gasteiger partial charge in [-0.15, -0.1) is 0 Å². The molecular formula is C15H20N4O4. The first-order valence-corrected chi connectivity index (χ1v) is 7.34. The van der Waals surface area contributed by atoms with Crippen molar-refractivity contribution in [3.05, 3.63) is 18.2 Å². The number of benzene rings is 1. The summed E-state index contributed by atoms with van der Waals surface area (Å²) < 4.78 is 5.25. The zero-order valence-corrected chi connectivity index (χ0v) is 13.0. The van der Waals surface area contributed by atoms with E-state index in [4.69, 9.17) is 10.5 Å². The second-order valence-electron chi connectivity index (χ2n) is 5.41. The van der Waals surface area contributed by atoms with Crippen LogP contribution >= 0.6 is 0 Å². The van der Waals surface area contributed by atoms with Crippen molar-refractivity contribution >= 4 is 29.2 Å². The molecule has 0 saturated heterocycles. The predicted octanol–water partition coefficient (Wildman–Crippen LogP) is 1.04. The number of urea groups is 1. The van der Waals surface area contributed by atoms with Crippen molar-refractivity contribution < 1.29 is 19.1 Å². The summed E-state index contributed by atoms with van der Waals surface area (Å²) in [6.45, 7) is 3.73. The van der Waals surface area contributed by atoms with E-state index in [1.165, 1.54) is 0 Å². The first kappa shape index (κ1) is 16.6. The predicted molar refractivity (Wildman–Crippen MR) is 85.2 cm³/mol. The molecule has 8 heteroatoms. The van der Waals surface area contributed by atoms with E-state index in [9.17, 15) is 14.4 Å². The van der Waals surface area contributed by atoms with E-state index in [1.807, 2.05) is 13.8 Å². The van der Waals surface area contributed by atoms with Crippen LogP contribution < -0.4 is 26.4 Å². The van der Waals surface area contributed by atoms with Crippen molar-refractivity contribution in [3.63, 3.8) is 0 Å². The molecule has 0 fully saturated rings. The van der Waals surface area contributed by atoms with Gasteiger partial charge in [-0.2, -0.15) is 0 Å². The van der Waals surface area contributed by atoms with Crippen LogP contribution in [-0.2, 0) is 9.59 Å². The molecule has 1 aliphatic heterocycles. The summed E-state index contributed by atoms with van der Waals surface area (Å²) in [6, 6.07) is 3.43. The van der Waals surface area contributed by atoms with Gasteiger partial charge in [-0.05, 0) is 24.1 Å². The van der Waals surface area contributed by atoms with E-state index >= 15 is 0 Å². The number of carbonyl (C=O) groups excluding carboxylic acids is 3. The average molecular weight is 320 g/mol. The normalized spacial score (nSPS) is 15.5. The maximum absolute atomic E-state index is 12.4. The molecule has 0 radical (unpaired) electrons. The lowest BCUT2D eigenvalue weighted by Gasteiger charge is -2.23. The number of carbonyl (C=O) groups is 3. The monoisotopic (exact) mass is 320 g/mol. The van der Waals surface area contributed by atoms with Crippen LogP contribution in [0, 0.1) is 5.92 Å². The van der Waals surface area contributed by atoms with Crippen LogP contribution in [0.4, 0.5) is 16.2 Å². The average Bonchev–Trinajstić information content (AvgIpc) is 2.51. The van der Waals surface area contributed by atoms with Gasteiger partial charge in [0.2, 0.25) is 5.91 Å². The fourth-order valence-corrected chi connectivity index (χ4v) is 2.24. The zero-order chi connectivity index (χ0) is 17.0. The minimum Gasteiger partial charge on any atom is -0.482 e. The van der Waals surface area contributed by atoms with Gasteiger partial charge < -0.3 is 26.4 Å². The zero-order valence-electron chi connectivity index (χ0n) is 13.0. The van der Waals surface area contributed by atoms with E-state index in [1.54, 1.807) is 18.2 Å². The highest BCUT2D eigenvalue weighted by Crippen LogP contribution is 2.30. The maximum atomic E-state index is 12.4. The van der Waals surface area contributed by atoms with Gasteiger partial charge in [0, 0.05) is 5.69 Å². The Labute approximate surface area is 133 Å². The van der Waals surface area contributed by atoms with Gasteiger partial charge in [0.15, 0.2) is 6.61 Å². The molecule has 23 heavy (non-hydrogen) atoms. The number of nitrogens with two attached hydrogens (primary N) is 1. The van der Waals surface area contributed by atoms with Gasteiger partial charge in [0.25, 0.3) is 5.91 Å². The van der Waals surface area contributed by atoms with Crippen LogP contribution in [0.2, 0.25) is 0 Å². The summed E-state index contributed by atoms with van der Waals surface area (Å²) in [6.07, 6.45) is 0.701. The summed E-state index contributed by atoms with van der Waals surface area (Å²) in [4.78, 5) is 34.8. The van der Waals surface area contributed by atoms with Gasteiger partial charge in [-0.25, -0.2) is 4.79 Å². The Morgan fingerprint density at radius 2 is 2.17 bits per heavy atom. The fraction of sp³-hybridized carbons (Fsp3) is 0.400. The first-order chi connectivity index (χ1) is 10.9. The summed E-state index contributed by atoms with van der Waals surface area (Å²) in [7, 11) is 0. The number of hydrogen-bond donors (Lipinski definition) is 4. The van der Waals surface area contributed by atoms with Crippen molar-refractivity contribution in [1.82, 2.24) is 5.32 Å². The van der Waals surface area contributed by atoms with Crippen LogP contribution in [0.15, 0.2) is 18.2 Å². The molecule has 5 N–H and O–H groups in total. The summed E-state index contributed by atoms with van der Waals surface area (Å²) in [5.41, 5.74) is 6.10. The minimum atomic E-state index is -0.753. The van der Waals surface area contributed by atoms with Gasteiger partial charge in [-0.1, -0.05) is 20.3 Å². The topological polar surface area (TPSA) is 123 Å². The quantitative estimate of drug-likeness (QED) is 0.647. The molecule has 4 amide bonds. The Kier molecular flexibility index (Phi) is 5.05. The van der Waals surface area contributed by atoms with Crippen LogP contribution in [0.3, 0.4) is 0 Å². The number of ether oxygens (including phenoxy) is 1. The van der Waals surface area contributed by atoms with Gasteiger partial charge in [-0.3, -0.25) is 9.59 Å². The van der Waals surface area contributed by atoms with Crippen LogP contribution in [-0.4, -0.2) is 30.5 Å². The molecule has 0 aromatic heterocycles. The number of anilines is 2. The van der Waals surface area contributed by atoms with Crippen molar-refractivity contribution in [3.8, 4) is 5.75 Å². The van der Waals surface area contributed by atoms with Crippen molar-refractivity contribution in [1.29, 1.82) is 0 Å². The highest BCUT2D eigenvalue weighted by molar-refractivity contribution is 5.99. The van der Waals surface area contributed by atoms with Crippen molar-refractivity contribution in [2.24, 2.45) is 11.7 Å². The number of amides is 4. The second-order valence-corrected chi connectivity index (χ2v) is 5.41. The molecule has 2 rings (SSSR count). The van der Waals surface area contributed by atoms with Crippen LogP contribution in [0.1, 0.15) is 20.3 Å². The van der Waals surface area contributed by atoms with E-state index < -0.39 is 12.1 Å². The highest BCUT2D eigenvalue weighted by atomic mass is 16.5. The molecule has 1 aromatic rings. The molecule has 0 aliphatic carbocycles. The highest BCUT2D eigenvalue weighted by Gasteiger charge is 2.25. The van der Waals surface area contributed by atoms with Gasteiger partial charge in [0.1, 0.15) is 11.8 Å². The van der Waals surface area contributed by atoms with E-state index in [2.05, 4.69) is 16.0 Å². The third-order valence-corrected chi connectivity index (χ3v) is 3.67. The molecule has 124 valence electrons. The van der Waals surface area contributed by atoms with Gasteiger partial charge >= 0.3 is 6.03 Å². The van der Waals surface area contributed by atoms with E-state index in [0.29, 0.717) is 23.5 Å². The van der Waals surface area contributed by atoms with Crippen molar-refractivity contribution in [2.75, 3.05) is 17.2 Å². The molecule has 0 saturated carbocycles. The lowest BCUT2D eigenvalue weighted by atomic mass is 9.98. The number of primary amides is 1. The Balaban J connectivity index is 2.13. The molecule has 0 unspecified atom stereocenters. The molecule has 0 spiro atoms. The SMILES string of the molecule is CC[C@@H](C)[C@@H](NC(N)=O)C(=O)Nc1ccc2c(c1)NC(=O)CO2. The van der Waals surface area contributed by atoms with Crippen LogP contribution in [0.5, 0.6) is 5.75 Å². The third-order valence-electron chi connectivity index (χ3n) is 3.67. The fourth-order valence-electron chi connectivity index (χ4n) is 2.24. The Bertz CT molecular complexity index is 632. The summed E-state index contributed by atoms with van der Waals surface area (Å²) >= 11 is 0. The molecule has 8 nitrogen and oxygen atoms in total. The minimum absolute atomic E-state index is 0.0304. The first-order valence-electron chi connectivity index (χ1n) is 7.34. The van der Waals surface area contributed by atoms with Gasteiger partial charge in [0.05, 0.1) is 5.69 Å². The summed E-state index contributed by atoms with van der Waals surface area (Å²) in [5, 5.41) is 7.83. The molecule has 0 bridgehead atoms. The van der Waals surface area contributed by atoms with Crippen LogP contribution in [0.25, 0.3) is 0 Å². The molecule has 2 atom stereocenters. The molecule has 1 aliphatic rings. The lowest BCUT2D eigenvalue weighted by molar-refractivity contribution is -0.119. The molecule has 1 aromatic carbocycles. The maximum Gasteiger partial charge on any atom is 0.312 e. The van der Waals surface area contributed by atoms with E-state index in [0.717, 1.165) is 0 Å². The Morgan fingerprint density at radius 3 is 2.83 bits per heavy atom. The van der Waals surface area contributed by atoms with E-state index in [-0.39, 0.29) is 24.3 Å². The number of fused-ring (bicyclic) bond motifs is 1. The smallest absolute Gasteiger partial charge is 0.312 e.